The molecule has 8 nitrogen and oxygen atoms in total. The molecule has 0 aliphatic carbocycles. The monoisotopic (exact) mass is 359 g/mol. The second-order valence-electron chi connectivity index (χ2n) is 5.88. The van der Waals surface area contributed by atoms with Gasteiger partial charge >= 0.3 is 0 Å². The van der Waals surface area contributed by atoms with Crippen molar-refractivity contribution in [2.75, 3.05) is 0 Å². The molecule has 2 aromatic rings. The van der Waals surface area contributed by atoms with Crippen LogP contribution in [0.3, 0.4) is 0 Å². The van der Waals surface area contributed by atoms with E-state index in [2.05, 4.69) is 5.32 Å². The fourth-order valence-electron chi connectivity index (χ4n) is 2.41. The lowest BCUT2D eigenvalue weighted by Gasteiger charge is -2.19. The minimum Gasteiger partial charge on any atom is -0.508 e. The van der Waals surface area contributed by atoms with Gasteiger partial charge in [-0.25, -0.2) is 5.48 Å². The van der Waals surface area contributed by atoms with Crippen LogP contribution in [-0.2, 0) is 22.4 Å². The Hall–Kier alpha value is -3.10. The zero-order valence-corrected chi connectivity index (χ0v) is 13.9. The maximum atomic E-state index is 12.3. The summed E-state index contributed by atoms with van der Waals surface area (Å²) in [6, 6.07) is 10.5. The zero-order chi connectivity index (χ0) is 19.1. The largest absolute Gasteiger partial charge is 0.508 e. The van der Waals surface area contributed by atoms with E-state index in [-0.39, 0.29) is 24.3 Å². The highest BCUT2D eigenvalue weighted by Gasteiger charge is 2.24. The molecule has 0 aliphatic heterocycles. The summed E-state index contributed by atoms with van der Waals surface area (Å²) in [5.74, 6) is -1.13. The molecule has 0 radical (unpaired) electrons. The summed E-state index contributed by atoms with van der Waals surface area (Å²) in [4.78, 5) is 24.1. The van der Waals surface area contributed by atoms with E-state index < -0.39 is 23.9 Å². The van der Waals surface area contributed by atoms with Gasteiger partial charge in [-0.1, -0.05) is 24.3 Å². The van der Waals surface area contributed by atoms with E-state index in [1.165, 1.54) is 29.7 Å². The number of nitrogens with one attached hydrogen (secondary N) is 2. The maximum Gasteiger partial charge on any atom is 0.266 e. The van der Waals surface area contributed by atoms with Crippen LogP contribution in [0, 0.1) is 0 Å². The summed E-state index contributed by atoms with van der Waals surface area (Å²) in [5, 5.41) is 30.0. The van der Waals surface area contributed by atoms with Crippen LogP contribution in [0.15, 0.2) is 48.5 Å². The van der Waals surface area contributed by atoms with E-state index in [0.29, 0.717) is 5.56 Å². The lowest BCUT2D eigenvalue weighted by atomic mass is 10.0. The van der Waals surface area contributed by atoms with Crippen molar-refractivity contribution >= 4 is 11.8 Å². The van der Waals surface area contributed by atoms with Gasteiger partial charge in [-0.3, -0.25) is 14.8 Å². The minimum atomic E-state index is -1.03. The Morgan fingerprint density at radius 1 is 0.846 bits per heavy atom. The van der Waals surface area contributed by atoms with Crippen LogP contribution in [0.1, 0.15) is 11.1 Å². The van der Waals surface area contributed by atoms with Crippen molar-refractivity contribution in [1.82, 2.24) is 10.8 Å². The van der Waals surface area contributed by atoms with Crippen molar-refractivity contribution < 1.29 is 25.0 Å². The van der Waals surface area contributed by atoms with Crippen molar-refractivity contribution in [3.05, 3.63) is 59.7 Å². The molecule has 0 bridgehead atoms. The van der Waals surface area contributed by atoms with Crippen molar-refractivity contribution in [2.24, 2.45) is 5.73 Å². The van der Waals surface area contributed by atoms with Crippen molar-refractivity contribution in [3.63, 3.8) is 0 Å². The molecular formula is C18H21N3O5. The fraction of sp³-hybridized carbons (Fsp3) is 0.222. The van der Waals surface area contributed by atoms with E-state index in [9.17, 15) is 19.8 Å². The number of aromatic hydroxyl groups is 2. The quantitative estimate of drug-likeness (QED) is 0.308. The second kappa shape index (κ2) is 8.84. The smallest absolute Gasteiger partial charge is 0.266 e. The lowest BCUT2D eigenvalue weighted by molar-refractivity contribution is -0.135. The molecule has 0 heterocycles. The number of rotatable bonds is 7. The Kier molecular flexibility index (Phi) is 6.54. The first-order chi connectivity index (χ1) is 12.4. The Labute approximate surface area is 150 Å². The number of carbonyl (C=O) groups excluding carboxylic acids is 2. The third-order valence-corrected chi connectivity index (χ3v) is 3.85. The van der Waals surface area contributed by atoms with Crippen LogP contribution in [0.5, 0.6) is 11.5 Å². The molecule has 0 unspecified atom stereocenters. The maximum absolute atomic E-state index is 12.3. The number of amides is 2. The predicted molar refractivity (Wildman–Crippen MR) is 93.5 cm³/mol. The van der Waals surface area contributed by atoms with Gasteiger partial charge in [0.1, 0.15) is 17.5 Å². The number of carbonyl (C=O) groups is 2. The average Bonchev–Trinajstić information content (AvgIpc) is 2.64. The standard InChI is InChI=1S/C18H21N3O5/c19-15(9-11-1-5-13(22)6-2-11)17(24)20-16(18(25)21-26)10-12-3-7-14(23)8-4-12/h1-8,15-16,22-23,26H,9-10,19H2,(H,20,24)(H,21,25)/t15-,16-/m0/s1. The molecule has 2 aromatic carbocycles. The van der Waals surface area contributed by atoms with Crippen LogP contribution in [0.4, 0.5) is 0 Å². The molecule has 7 N–H and O–H groups in total. The van der Waals surface area contributed by atoms with Gasteiger partial charge in [0.25, 0.3) is 5.91 Å². The van der Waals surface area contributed by atoms with E-state index >= 15 is 0 Å². The SMILES string of the molecule is N[C@@H](Cc1ccc(O)cc1)C(=O)N[C@@H](Cc1ccc(O)cc1)C(=O)NO. The summed E-state index contributed by atoms with van der Waals surface area (Å²) in [6.07, 6.45) is 0.336. The zero-order valence-electron chi connectivity index (χ0n) is 13.9. The Morgan fingerprint density at radius 3 is 1.77 bits per heavy atom. The molecule has 138 valence electrons. The van der Waals surface area contributed by atoms with Gasteiger partial charge in [-0.15, -0.1) is 0 Å². The van der Waals surface area contributed by atoms with Gasteiger partial charge in [0, 0.05) is 6.42 Å². The molecule has 2 amide bonds. The highest BCUT2D eigenvalue weighted by Crippen LogP contribution is 2.13. The van der Waals surface area contributed by atoms with E-state index in [0.717, 1.165) is 5.56 Å². The van der Waals surface area contributed by atoms with E-state index in [1.54, 1.807) is 24.3 Å². The van der Waals surface area contributed by atoms with Crippen molar-refractivity contribution in [2.45, 2.75) is 24.9 Å². The number of hydrogen-bond donors (Lipinski definition) is 6. The molecule has 2 rings (SSSR count). The first-order valence-corrected chi connectivity index (χ1v) is 7.94. The summed E-state index contributed by atoms with van der Waals surface area (Å²) in [6.45, 7) is 0. The predicted octanol–water partition coefficient (Wildman–Crippen LogP) is 0.200. The molecule has 0 fully saturated rings. The van der Waals surface area contributed by atoms with E-state index in [4.69, 9.17) is 10.9 Å². The van der Waals surface area contributed by atoms with Crippen LogP contribution in [-0.4, -0.2) is 39.3 Å². The third kappa shape index (κ3) is 5.47. The van der Waals surface area contributed by atoms with Gasteiger partial charge in [-0.2, -0.15) is 0 Å². The topological polar surface area (TPSA) is 145 Å². The fourth-order valence-corrected chi connectivity index (χ4v) is 2.41. The lowest BCUT2D eigenvalue weighted by Crippen LogP contribution is -2.52. The van der Waals surface area contributed by atoms with Crippen LogP contribution < -0.4 is 16.5 Å². The average molecular weight is 359 g/mol. The minimum absolute atomic E-state index is 0.0804. The highest BCUT2D eigenvalue weighted by atomic mass is 16.5. The normalized spacial score (nSPS) is 12.8. The highest BCUT2D eigenvalue weighted by molar-refractivity contribution is 5.89. The van der Waals surface area contributed by atoms with Gasteiger partial charge in [-0.05, 0) is 41.8 Å². The van der Waals surface area contributed by atoms with Gasteiger partial charge < -0.3 is 21.3 Å². The molecular weight excluding hydrogens is 338 g/mol. The molecule has 0 saturated carbocycles. The number of phenols is 2. The second-order valence-corrected chi connectivity index (χ2v) is 5.88. The number of nitrogens with two attached hydrogens (primary N) is 1. The van der Waals surface area contributed by atoms with Crippen molar-refractivity contribution in [3.8, 4) is 11.5 Å². The molecule has 0 spiro atoms. The summed E-state index contributed by atoms with van der Waals surface area (Å²) >= 11 is 0. The molecule has 0 aliphatic rings. The molecule has 26 heavy (non-hydrogen) atoms. The molecule has 0 saturated heterocycles. The first kappa shape index (κ1) is 19.2. The summed E-state index contributed by atoms with van der Waals surface area (Å²) in [7, 11) is 0. The van der Waals surface area contributed by atoms with Gasteiger partial charge in [0.2, 0.25) is 5.91 Å². The summed E-state index contributed by atoms with van der Waals surface area (Å²) < 4.78 is 0. The van der Waals surface area contributed by atoms with Crippen LogP contribution in [0.25, 0.3) is 0 Å². The van der Waals surface area contributed by atoms with Crippen LogP contribution in [0.2, 0.25) is 0 Å². The summed E-state index contributed by atoms with van der Waals surface area (Å²) in [5.41, 5.74) is 8.85. The number of phenolic OH excluding ortho intramolecular Hbond substituents is 2. The number of benzene rings is 2. The molecule has 2 atom stereocenters. The van der Waals surface area contributed by atoms with Gasteiger partial charge in [0.15, 0.2) is 0 Å². The van der Waals surface area contributed by atoms with Gasteiger partial charge in [0.05, 0.1) is 6.04 Å². The van der Waals surface area contributed by atoms with Crippen molar-refractivity contribution in [1.29, 1.82) is 0 Å². The van der Waals surface area contributed by atoms with E-state index in [1.807, 2.05) is 0 Å². The number of hydrogen-bond acceptors (Lipinski definition) is 6. The Bertz CT molecular complexity index is 746. The Balaban J connectivity index is 2.01. The first-order valence-electron chi connectivity index (χ1n) is 7.94. The molecule has 0 aromatic heterocycles. The Morgan fingerprint density at radius 2 is 1.31 bits per heavy atom. The van der Waals surface area contributed by atoms with Crippen LogP contribution >= 0.6 is 0 Å². The molecule has 8 heteroatoms. The third-order valence-electron chi connectivity index (χ3n) is 3.85. The number of hydroxylamine groups is 1.